The average molecular weight is 379 g/mol. The van der Waals surface area contributed by atoms with Gasteiger partial charge in [-0.3, -0.25) is 9.89 Å². The Morgan fingerprint density at radius 2 is 1.80 bits per heavy atom. The second-order valence-corrected chi connectivity index (χ2v) is 5.98. The van der Waals surface area contributed by atoms with Gasteiger partial charge in [-0.2, -0.15) is 5.10 Å². The van der Waals surface area contributed by atoms with Crippen LogP contribution in [-0.4, -0.2) is 16.0 Å². The van der Waals surface area contributed by atoms with Gasteiger partial charge in [0, 0.05) is 11.1 Å². The Morgan fingerprint density at radius 1 is 1.00 bits per heavy atom. The number of carbonyl (C=O) groups is 1. The standard InChI is InChI=1S/C18H10Cl2F2N2O/c19-13-4-1-10(7-14(13)20)17-9-12(23-24-17)3-6-18(25)11-2-5-15(21)16(22)8-11/h1-9H,(H,23,24). The topological polar surface area (TPSA) is 45.8 Å². The molecule has 3 aromatic rings. The van der Waals surface area contributed by atoms with E-state index >= 15 is 0 Å². The van der Waals surface area contributed by atoms with Crippen molar-refractivity contribution in [2.45, 2.75) is 0 Å². The fourth-order valence-electron chi connectivity index (χ4n) is 2.14. The van der Waals surface area contributed by atoms with Gasteiger partial charge in [0.1, 0.15) is 0 Å². The number of ketones is 1. The minimum Gasteiger partial charge on any atom is -0.289 e. The molecule has 0 unspecified atom stereocenters. The number of benzene rings is 2. The lowest BCUT2D eigenvalue weighted by Gasteiger charge is -1.98. The highest BCUT2D eigenvalue weighted by Crippen LogP contribution is 2.27. The van der Waals surface area contributed by atoms with Crippen LogP contribution in [0.15, 0.2) is 48.5 Å². The fourth-order valence-corrected chi connectivity index (χ4v) is 2.43. The second-order valence-electron chi connectivity index (χ2n) is 5.16. The van der Waals surface area contributed by atoms with Crippen LogP contribution in [0.3, 0.4) is 0 Å². The fraction of sp³-hybridized carbons (Fsp3) is 0. The molecule has 0 fully saturated rings. The molecule has 0 spiro atoms. The first kappa shape index (κ1) is 17.3. The summed E-state index contributed by atoms with van der Waals surface area (Å²) in [5.41, 5.74) is 2.01. The van der Waals surface area contributed by atoms with Crippen LogP contribution in [0.2, 0.25) is 10.0 Å². The van der Waals surface area contributed by atoms with Crippen molar-refractivity contribution in [3.05, 3.63) is 81.5 Å². The molecule has 2 aromatic carbocycles. The summed E-state index contributed by atoms with van der Waals surface area (Å²) in [5, 5.41) is 7.75. The van der Waals surface area contributed by atoms with Crippen LogP contribution in [0.1, 0.15) is 16.1 Å². The molecule has 3 rings (SSSR count). The van der Waals surface area contributed by atoms with Crippen molar-refractivity contribution in [3.8, 4) is 11.3 Å². The van der Waals surface area contributed by atoms with Crippen molar-refractivity contribution in [2.75, 3.05) is 0 Å². The highest BCUT2D eigenvalue weighted by atomic mass is 35.5. The number of halogens is 4. The molecule has 0 aliphatic carbocycles. The minimum absolute atomic E-state index is 0.0550. The molecule has 0 saturated carbocycles. The summed E-state index contributed by atoms with van der Waals surface area (Å²) < 4.78 is 26.1. The predicted octanol–water partition coefficient (Wildman–Crippen LogP) is 5.56. The van der Waals surface area contributed by atoms with Crippen molar-refractivity contribution in [1.82, 2.24) is 10.2 Å². The normalized spacial score (nSPS) is 11.2. The maximum Gasteiger partial charge on any atom is 0.186 e. The van der Waals surface area contributed by atoms with Gasteiger partial charge in [0.2, 0.25) is 0 Å². The van der Waals surface area contributed by atoms with Crippen molar-refractivity contribution < 1.29 is 13.6 Å². The molecule has 0 radical (unpaired) electrons. The number of aromatic nitrogens is 2. The summed E-state index contributed by atoms with van der Waals surface area (Å²) in [4.78, 5) is 12.0. The Morgan fingerprint density at radius 3 is 2.52 bits per heavy atom. The second kappa shape index (κ2) is 7.17. The molecule has 1 heterocycles. The lowest BCUT2D eigenvalue weighted by Crippen LogP contribution is -1.96. The minimum atomic E-state index is -1.07. The summed E-state index contributed by atoms with van der Waals surface area (Å²) in [6.07, 6.45) is 2.75. The van der Waals surface area contributed by atoms with Crippen LogP contribution in [-0.2, 0) is 0 Å². The zero-order valence-corrected chi connectivity index (χ0v) is 14.1. The van der Waals surface area contributed by atoms with Gasteiger partial charge < -0.3 is 0 Å². The number of nitrogens with one attached hydrogen (secondary N) is 1. The predicted molar refractivity (Wildman–Crippen MR) is 93.8 cm³/mol. The van der Waals surface area contributed by atoms with Gasteiger partial charge >= 0.3 is 0 Å². The molecule has 1 aromatic heterocycles. The van der Waals surface area contributed by atoms with Gasteiger partial charge in [0.05, 0.1) is 21.4 Å². The first-order chi connectivity index (χ1) is 11.9. The van der Waals surface area contributed by atoms with E-state index in [1.807, 2.05) is 0 Å². The number of rotatable bonds is 4. The maximum atomic E-state index is 13.2. The zero-order valence-electron chi connectivity index (χ0n) is 12.6. The number of nitrogens with zero attached hydrogens (tertiary/aromatic N) is 1. The van der Waals surface area contributed by atoms with Crippen LogP contribution in [0.4, 0.5) is 8.78 Å². The number of hydrogen-bond acceptors (Lipinski definition) is 2. The Labute approximate surface area is 151 Å². The van der Waals surface area contributed by atoms with E-state index in [4.69, 9.17) is 23.2 Å². The van der Waals surface area contributed by atoms with Gasteiger partial charge in [-0.05, 0) is 48.6 Å². The van der Waals surface area contributed by atoms with Gasteiger partial charge in [0.15, 0.2) is 17.4 Å². The number of aromatic amines is 1. The van der Waals surface area contributed by atoms with Crippen molar-refractivity contribution in [2.24, 2.45) is 0 Å². The largest absolute Gasteiger partial charge is 0.289 e. The molecule has 0 saturated heterocycles. The van der Waals surface area contributed by atoms with E-state index < -0.39 is 17.4 Å². The highest BCUT2D eigenvalue weighted by molar-refractivity contribution is 6.42. The van der Waals surface area contributed by atoms with Crippen LogP contribution >= 0.6 is 23.2 Å². The van der Waals surface area contributed by atoms with Gasteiger partial charge in [-0.1, -0.05) is 29.3 Å². The van der Waals surface area contributed by atoms with E-state index in [0.29, 0.717) is 21.4 Å². The Balaban J connectivity index is 1.78. The molecule has 3 nitrogen and oxygen atoms in total. The number of hydrogen-bond donors (Lipinski definition) is 1. The van der Waals surface area contributed by atoms with E-state index in [1.54, 1.807) is 24.3 Å². The molecule has 0 bridgehead atoms. The SMILES string of the molecule is O=C(C=Cc1cc(-c2ccc(Cl)c(Cl)c2)n[nH]1)c1ccc(F)c(F)c1. The molecular weight excluding hydrogens is 369 g/mol. The average Bonchev–Trinajstić information content (AvgIpc) is 3.06. The molecule has 126 valence electrons. The Kier molecular flexibility index (Phi) is 4.97. The summed E-state index contributed by atoms with van der Waals surface area (Å²) in [6, 6.07) is 9.82. The molecule has 0 aliphatic heterocycles. The maximum absolute atomic E-state index is 13.2. The van der Waals surface area contributed by atoms with E-state index in [2.05, 4.69) is 10.2 Å². The van der Waals surface area contributed by atoms with Crippen LogP contribution in [0.5, 0.6) is 0 Å². The van der Waals surface area contributed by atoms with Crippen LogP contribution < -0.4 is 0 Å². The lowest BCUT2D eigenvalue weighted by atomic mass is 10.1. The summed E-state index contributed by atoms with van der Waals surface area (Å²) in [5.74, 6) is -2.52. The summed E-state index contributed by atoms with van der Waals surface area (Å²) in [6.45, 7) is 0. The van der Waals surface area contributed by atoms with E-state index in [-0.39, 0.29) is 5.56 Å². The van der Waals surface area contributed by atoms with E-state index in [0.717, 1.165) is 17.7 Å². The molecular formula is C18H10Cl2F2N2O. The quantitative estimate of drug-likeness (QED) is 0.477. The van der Waals surface area contributed by atoms with E-state index in [9.17, 15) is 13.6 Å². The Bertz CT molecular complexity index is 983. The monoisotopic (exact) mass is 378 g/mol. The third-order valence-electron chi connectivity index (χ3n) is 3.43. The third-order valence-corrected chi connectivity index (χ3v) is 4.17. The van der Waals surface area contributed by atoms with Gasteiger partial charge in [-0.15, -0.1) is 0 Å². The summed E-state index contributed by atoms with van der Waals surface area (Å²) in [7, 11) is 0. The Hall–Kier alpha value is -2.50. The molecule has 0 atom stereocenters. The first-order valence-corrected chi connectivity index (χ1v) is 7.88. The highest BCUT2D eigenvalue weighted by Gasteiger charge is 2.08. The summed E-state index contributed by atoms with van der Waals surface area (Å²) >= 11 is 11.9. The van der Waals surface area contributed by atoms with Crippen LogP contribution in [0.25, 0.3) is 17.3 Å². The molecule has 7 heteroatoms. The lowest BCUT2D eigenvalue weighted by molar-refractivity contribution is 0.104. The van der Waals surface area contributed by atoms with Crippen molar-refractivity contribution in [3.63, 3.8) is 0 Å². The molecule has 0 amide bonds. The third kappa shape index (κ3) is 3.95. The molecule has 25 heavy (non-hydrogen) atoms. The zero-order chi connectivity index (χ0) is 18.0. The molecule has 0 aliphatic rings. The van der Waals surface area contributed by atoms with Gasteiger partial charge in [-0.25, -0.2) is 8.78 Å². The smallest absolute Gasteiger partial charge is 0.186 e. The van der Waals surface area contributed by atoms with Crippen molar-refractivity contribution >= 4 is 35.1 Å². The van der Waals surface area contributed by atoms with E-state index in [1.165, 1.54) is 18.2 Å². The van der Waals surface area contributed by atoms with Crippen molar-refractivity contribution in [1.29, 1.82) is 0 Å². The van der Waals surface area contributed by atoms with Gasteiger partial charge in [0.25, 0.3) is 0 Å². The molecule has 1 N–H and O–H groups in total. The first-order valence-electron chi connectivity index (χ1n) is 7.12. The number of carbonyl (C=O) groups excluding carboxylic acids is 1. The van der Waals surface area contributed by atoms with Crippen LogP contribution in [0, 0.1) is 11.6 Å². The number of H-pyrrole nitrogens is 1. The number of allylic oxidation sites excluding steroid dienone is 1.